The number of Topliss-reactive ketones (excluding diaryl/α,β-unsaturated/α-hetero) is 1. The van der Waals surface area contributed by atoms with E-state index in [9.17, 15) is 33.0 Å². The van der Waals surface area contributed by atoms with Crippen molar-refractivity contribution in [1.29, 1.82) is 0 Å². The minimum Gasteiger partial charge on any atom is -0.492 e. The van der Waals surface area contributed by atoms with Crippen LogP contribution in [0.15, 0.2) is 24.3 Å². The number of sulfonamides is 1. The molecule has 1 atom stereocenters. The maximum Gasteiger partial charge on any atom is 0.287 e. The molecule has 0 heterocycles. The molecule has 1 aromatic rings. The lowest BCUT2D eigenvalue weighted by Gasteiger charge is -2.38. The molecule has 1 unspecified atom stereocenters. The van der Waals surface area contributed by atoms with Gasteiger partial charge in [0.15, 0.2) is 5.60 Å². The van der Waals surface area contributed by atoms with E-state index >= 15 is 0 Å². The van der Waals surface area contributed by atoms with Gasteiger partial charge in [-0.15, -0.1) is 0 Å². The topological polar surface area (TPSA) is 185 Å². The molecule has 0 fully saturated rings. The molecule has 32 heavy (non-hydrogen) atoms. The second-order valence-corrected chi connectivity index (χ2v) is 9.87. The number of aliphatic hydroxyl groups is 2. The number of ether oxygens (including phenoxy) is 1. The Hall–Kier alpha value is -2.54. The molecule has 0 saturated carbocycles. The lowest BCUT2D eigenvalue weighted by Crippen LogP contribution is -2.56. The van der Waals surface area contributed by atoms with E-state index in [2.05, 4.69) is 10.0 Å². The Morgan fingerprint density at radius 1 is 1.22 bits per heavy atom. The highest BCUT2D eigenvalue weighted by Gasteiger charge is 2.48. The fourth-order valence-electron chi connectivity index (χ4n) is 2.76. The minimum absolute atomic E-state index is 0.0194. The normalized spacial score (nSPS) is 13.8. The van der Waals surface area contributed by atoms with Crippen molar-refractivity contribution in [3.8, 4) is 5.75 Å². The predicted octanol–water partition coefficient (Wildman–Crippen LogP) is -1.18. The second-order valence-electron chi connectivity index (χ2n) is 8.03. The van der Waals surface area contributed by atoms with E-state index in [1.807, 2.05) is 0 Å². The van der Waals surface area contributed by atoms with Crippen LogP contribution in [0.1, 0.15) is 32.3 Å². The molecule has 0 bridgehead atoms. The molecule has 0 aliphatic rings. The number of hydrogen-bond acceptors (Lipinski definition) is 8. The van der Waals surface area contributed by atoms with E-state index < -0.39 is 58.1 Å². The average Bonchev–Trinajstić information content (AvgIpc) is 2.72. The van der Waals surface area contributed by atoms with Crippen molar-refractivity contribution in [2.75, 3.05) is 26.0 Å². The maximum atomic E-state index is 12.2. The van der Waals surface area contributed by atoms with Crippen molar-refractivity contribution in [1.82, 2.24) is 10.0 Å². The number of benzene rings is 1. The number of aliphatic hydroxyl groups excluding tert-OH is 1. The zero-order valence-corrected chi connectivity index (χ0v) is 19.2. The van der Waals surface area contributed by atoms with Gasteiger partial charge in [0.1, 0.15) is 12.4 Å². The SMILES string of the molecule is CC(C)(CO)C(O)(CCC(=O)C(=O)NCc1cccc(OCCNS(C)(=O)=O)c1)C(N)=O. The summed E-state index contributed by atoms with van der Waals surface area (Å²) in [7, 11) is -3.30. The Kier molecular flexibility index (Phi) is 9.76. The van der Waals surface area contributed by atoms with Crippen molar-refractivity contribution in [2.45, 2.75) is 38.8 Å². The van der Waals surface area contributed by atoms with E-state index in [4.69, 9.17) is 10.5 Å². The molecular weight excluding hydrogens is 442 g/mol. The van der Waals surface area contributed by atoms with Gasteiger partial charge in [0.2, 0.25) is 21.7 Å². The van der Waals surface area contributed by atoms with Gasteiger partial charge in [-0.3, -0.25) is 14.4 Å². The third kappa shape index (κ3) is 8.19. The van der Waals surface area contributed by atoms with Crippen LogP contribution in [-0.2, 0) is 31.0 Å². The summed E-state index contributed by atoms with van der Waals surface area (Å²) in [5, 5.41) is 22.4. The quantitative estimate of drug-likeness (QED) is 0.165. The third-order valence-electron chi connectivity index (χ3n) is 4.98. The number of amides is 2. The Balaban J connectivity index is 2.59. The van der Waals surface area contributed by atoms with Crippen LogP contribution < -0.4 is 20.5 Å². The summed E-state index contributed by atoms with van der Waals surface area (Å²) < 4.78 is 29.8. The van der Waals surface area contributed by atoms with E-state index in [0.717, 1.165) is 6.26 Å². The van der Waals surface area contributed by atoms with Gasteiger partial charge >= 0.3 is 0 Å². The summed E-state index contributed by atoms with van der Waals surface area (Å²) in [5.74, 6) is -2.38. The van der Waals surface area contributed by atoms with Crippen LogP contribution in [-0.4, -0.2) is 67.8 Å². The highest BCUT2D eigenvalue weighted by molar-refractivity contribution is 7.88. The molecule has 12 heteroatoms. The van der Waals surface area contributed by atoms with Gasteiger partial charge in [-0.1, -0.05) is 26.0 Å². The fraction of sp³-hybridized carbons (Fsp3) is 0.550. The molecule has 0 spiro atoms. The maximum absolute atomic E-state index is 12.2. The van der Waals surface area contributed by atoms with Crippen LogP contribution in [0.5, 0.6) is 5.75 Å². The van der Waals surface area contributed by atoms with Gasteiger partial charge in [0, 0.05) is 24.9 Å². The van der Waals surface area contributed by atoms with Gasteiger partial charge < -0.3 is 26.0 Å². The molecule has 180 valence electrons. The molecule has 0 aromatic heterocycles. The van der Waals surface area contributed by atoms with Crippen molar-refractivity contribution in [3.63, 3.8) is 0 Å². The number of rotatable bonds is 14. The third-order valence-corrected chi connectivity index (χ3v) is 5.70. The summed E-state index contributed by atoms with van der Waals surface area (Å²) in [4.78, 5) is 36.0. The van der Waals surface area contributed by atoms with Gasteiger partial charge in [-0.25, -0.2) is 13.1 Å². The van der Waals surface area contributed by atoms with Crippen molar-refractivity contribution >= 4 is 27.6 Å². The number of nitrogens with two attached hydrogens (primary N) is 1. The summed E-state index contributed by atoms with van der Waals surface area (Å²) in [5.41, 5.74) is 2.43. The molecule has 1 rings (SSSR count). The monoisotopic (exact) mass is 473 g/mol. The fourth-order valence-corrected chi connectivity index (χ4v) is 3.21. The zero-order valence-electron chi connectivity index (χ0n) is 18.4. The van der Waals surface area contributed by atoms with E-state index in [0.29, 0.717) is 11.3 Å². The Morgan fingerprint density at radius 2 is 1.88 bits per heavy atom. The number of primary amides is 1. The van der Waals surface area contributed by atoms with E-state index in [1.54, 1.807) is 24.3 Å². The molecule has 0 aliphatic carbocycles. The average molecular weight is 474 g/mol. The Morgan fingerprint density at radius 3 is 2.44 bits per heavy atom. The van der Waals surface area contributed by atoms with Gasteiger partial charge in [0.05, 0.1) is 12.9 Å². The highest BCUT2D eigenvalue weighted by Crippen LogP contribution is 2.34. The van der Waals surface area contributed by atoms with Crippen LogP contribution in [0.25, 0.3) is 0 Å². The molecule has 0 radical (unpaired) electrons. The molecule has 2 amide bonds. The first-order valence-corrected chi connectivity index (χ1v) is 11.7. The van der Waals surface area contributed by atoms with E-state index in [-0.39, 0.29) is 19.7 Å². The van der Waals surface area contributed by atoms with Crippen molar-refractivity contribution in [2.24, 2.45) is 11.1 Å². The Bertz CT molecular complexity index is 933. The molecule has 0 saturated heterocycles. The van der Waals surface area contributed by atoms with Gasteiger partial charge in [-0.05, 0) is 24.1 Å². The summed E-state index contributed by atoms with van der Waals surface area (Å²) in [6, 6.07) is 6.65. The molecular formula is C20H31N3O8S. The number of carbonyl (C=O) groups is 3. The zero-order chi connectivity index (χ0) is 24.6. The number of hydrogen-bond donors (Lipinski definition) is 5. The first-order valence-electron chi connectivity index (χ1n) is 9.82. The molecule has 1 aromatic carbocycles. The number of ketones is 1. The molecule has 0 aliphatic heterocycles. The number of nitrogens with one attached hydrogen (secondary N) is 2. The minimum atomic E-state index is -3.30. The highest BCUT2D eigenvalue weighted by atomic mass is 32.2. The van der Waals surface area contributed by atoms with Gasteiger partial charge in [0.25, 0.3) is 5.91 Å². The second kappa shape index (κ2) is 11.4. The van der Waals surface area contributed by atoms with Crippen LogP contribution in [0.4, 0.5) is 0 Å². The largest absolute Gasteiger partial charge is 0.492 e. The van der Waals surface area contributed by atoms with E-state index in [1.165, 1.54) is 13.8 Å². The first-order chi connectivity index (χ1) is 14.7. The van der Waals surface area contributed by atoms with Crippen LogP contribution in [0.2, 0.25) is 0 Å². The lowest BCUT2D eigenvalue weighted by atomic mass is 9.72. The van der Waals surface area contributed by atoms with Crippen LogP contribution in [0, 0.1) is 5.41 Å². The lowest BCUT2D eigenvalue weighted by molar-refractivity contribution is -0.157. The first kappa shape index (κ1) is 27.5. The molecule has 6 N–H and O–H groups in total. The van der Waals surface area contributed by atoms with Crippen LogP contribution >= 0.6 is 0 Å². The standard InChI is InChI=1S/C20H31N3O8S/c1-19(2,13-24)20(28,18(21)27)8-7-16(25)17(26)22-12-14-5-4-6-15(11-14)31-10-9-23-32(3,29)30/h4-6,11,23-24,28H,7-10,12-13H2,1-3H3,(H2,21,27)(H,22,26). The predicted molar refractivity (Wildman–Crippen MR) is 116 cm³/mol. The number of carbonyl (C=O) groups excluding carboxylic acids is 3. The summed E-state index contributed by atoms with van der Waals surface area (Å²) in [6.45, 7) is 2.53. The van der Waals surface area contributed by atoms with Gasteiger partial charge in [-0.2, -0.15) is 0 Å². The smallest absolute Gasteiger partial charge is 0.287 e. The Labute approximate surface area is 187 Å². The van der Waals surface area contributed by atoms with Crippen molar-refractivity contribution in [3.05, 3.63) is 29.8 Å². The molecule has 11 nitrogen and oxygen atoms in total. The van der Waals surface area contributed by atoms with Crippen LogP contribution in [0.3, 0.4) is 0 Å². The van der Waals surface area contributed by atoms with Crippen molar-refractivity contribution < 1.29 is 37.8 Å². The summed E-state index contributed by atoms with van der Waals surface area (Å²) in [6.07, 6.45) is 0.192. The summed E-state index contributed by atoms with van der Waals surface area (Å²) >= 11 is 0.